The molecular formula is C21H23N5O3S. The molecule has 4 N–H and O–H groups in total. The molecule has 0 radical (unpaired) electrons. The van der Waals surface area contributed by atoms with Gasteiger partial charge in [0.2, 0.25) is 0 Å². The van der Waals surface area contributed by atoms with Gasteiger partial charge in [-0.25, -0.2) is 0 Å². The molecule has 2 aromatic carbocycles. The Hall–Kier alpha value is -3.33. The SMILES string of the molecule is C=NC1=C(C(N)=NC)C(C)(C)Cc2c1ccc(O)c2NSc1ccccc1[N+](=O)[O-]. The summed E-state index contributed by atoms with van der Waals surface area (Å²) in [6.45, 7) is 7.76. The van der Waals surface area contributed by atoms with Crippen molar-refractivity contribution in [3.63, 3.8) is 0 Å². The van der Waals surface area contributed by atoms with Crippen LogP contribution in [0.3, 0.4) is 0 Å². The number of benzene rings is 2. The van der Waals surface area contributed by atoms with Gasteiger partial charge in [0.05, 0.1) is 16.3 Å². The maximum atomic E-state index is 11.3. The highest BCUT2D eigenvalue weighted by Crippen LogP contribution is 2.48. The molecule has 0 atom stereocenters. The summed E-state index contributed by atoms with van der Waals surface area (Å²) < 4.78 is 3.11. The minimum Gasteiger partial charge on any atom is -0.506 e. The number of nitro groups is 1. The second kappa shape index (κ2) is 8.19. The first-order valence-corrected chi connectivity index (χ1v) is 9.98. The fourth-order valence-corrected chi connectivity index (χ4v) is 4.52. The molecule has 0 amide bonds. The predicted octanol–water partition coefficient (Wildman–Crippen LogP) is 4.40. The Balaban J connectivity index is 2.10. The number of nitrogens with one attached hydrogen (secondary N) is 1. The topological polar surface area (TPSA) is 126 Å². The van der Waals surface area contributed by atoms with E-state index in [1.165, 1.54) is 6.07 Å². The Morgan fingerprint density at radius 2 is 2.03 bits per heavy atom. The molecule has 1 aliphatic rings. The molecule has 0 saturated heterocycles. The Kier molecular flexibility index (Phi) is 5.84. The molecule has 0 heterocycles. The van der Waals surface area contributed by atoms with E-state index in [0.29, 0.717) is 28.5 Å². The molecule has 0 unspecified atom stereocenters. The average Bonchev–Trinajstić information content (AvgIpc) is 2.71. The maximum Gasteiger partial charge on any atom is 0.284 e. The van der Waals surface area contributed by atoms with E-state index in [2.05, 4.69) is 21.4 Å². The smallest absolute Gasteiger partial charge is 0.284 e. The molecule has 0 spiro atoms. The third-order valence-corrected chi connectivity index (χ3v) is 5.93. The van der Waals surface area contributed by atoms with Crippen LogP contribution < -0.4 is 10.5 Å². The second-order valence-corrected chi connectivity index (χ2v) is 8.31. The van der Waals surface area contributed by atoms with Crippen molar-refractivity contribution in [2.75, 3.05) is 11.8 Å². The number of aliphatic imine (C=N–C) groups is 2. The van der Waals surface area contributed by atoms with Crippen molar-refractivity contribution < 1.29 is 10.0 Å². The zero-order chi connectivity index (χ0) is 22.1. The van der Waals surface area contributed by atoms with Gasteiger partial charge >= 0.3 is 0 Å². The third kappa shape index (κ3) is 3.76. The standard InChI is InChI=1S/C21H23N5O3S/c1-21(2)11-13-12(19(23-3)17(21)20(22)24-4)9-10-15(27)18(13)25-30-16-8-6-5-7-14(16)26(28)29/h5-10,25,27H,3,11H2,1-2,4H3,(H2,22,24). The van der Waals surface area contributed by atoms with Crippen molar-refractivity contribution in [1.82, 2.24) is 0 Å². The summed E-state index contributed by atoms with van der Waals surface area (Å²) in [5, 5.41) is 21.8. The molecule has 3 rings (SSSR count). The third-order valence-electron chi connectivity index (χ3n) is 5.06. The van der Waals surface area contributed by atoms with Crippen molar-refractivity contribution in [1.29, 1.82) is 0 Å². The number of nitrogens with zero attached hydrogens (tertiary/aromatic N) is 3. The molecular weight excluding hydrogens is 402 g/mol. The summed E-state index contributed by atoms with van der Waals surface area (Å²) in [5.74, 6) is 0.435. The number of amidine groups is 1. The number of nitro benzene ring substituents is 1. The maximum absolute atomic E-state index is 11.3. The van der Waals surface area contributed by atoms with Gasteiger partial charge in [0.25, 0.3) is 5.69 Å². The van der Waals surface area contributed by atoms with Crippen LogP contribution in [-0.4, -0.2) is 29.6 Å². The van der Waals surface area contributed by atoms with Crippen molar-refractivity contribution >= 4 is 41.6 Å². The first-order valence-electron chi connectivity index (χ1n) is 9.17. The van der Waals surface area contributed by atoms with Crippen LogP contribution in [0.2, 0.25) is 0 Å². The Labute approximate surface area is 178 Å². The highest BCUT2D eigenvalue weighted by molar-refractivity contribution is 8.00. The lowest BCUT2D eigenvalue weighted by atomic mass is 9.71. The zero-order valence-corrected chi connectivity index (χ0v) is 17.8. The molecule has 8 nitrogen and oxygen atoms in total. The van der Waals surface area contributed by atoms with E-state index in [9.17, 15) is 15.2 Å². The van der Waals surface area contributed by atoms with E-state index < -0.39 is 10.3 Å². The number of phenolic OH excluding ortho intramolecular Hbond substituents is 1. The van der Waals surface area contributed by atoms with Gasteiger partial charge in [-0.3, -0.25) is 20.1 Å². The van der Waals surface area contributed by atoms with Crippen LogP contribution in [-0.2, 0) is 6.42 Å². The minimum absolute atomic E-state index is 0.0119. The number of nitrogens with two attached hydrogens (primary N) is 1. The Morgan fingerprint density at radius 3 is 2.67 bits per heavy atom. The van der Waals surface area contributed by atoms with Crippen molar-refractivity contribution in [2.45, 2.75) is 25.2 Å². The van der Waals surface area contributed by atoms with Gasteiger partial charge in [0.1, 0.15) is 16.5 Å². The molecule has 0 fully saturated rings. The van der Waals surface area contributed by atoms with Crippen LogP contribution >= 0.6 is 11.9 Å². The number of rotatable bonds is 6. The molecule has 0 saturated carbocycles. The molecule has 9 heteroatoms. The molecule has 156 valence electrons. The van der Waals surface area contributed by atoms with E-state index in [0.717, 1.165) is 28.6 Å². The van der Waals surface area contributed by atoms with E-state index in [1.807, 2.05) is 13.8 Å². The number of phenols is 1. The summed E-state index contributed by atoms with van der Waals surface area (Å²) in [5.41, 5.74) is 9.26. The molecule has 0 aliphatic heterocycles. The largest absolute Gasteiger partial charge is 0.506 e. The van der Waals surface area contributed by atoms with Gasteiger partial charge in [-0.2, -0.15) is 0 Å². The van der Waals surface area contributed by atoms with Crippen molar-refractivity contribution in [2.24, 2.45) is 21.1 Å². The first-order chi connectivity index (χ1) is 14.2. The first kappa shape index (κ1) is 21.4. The zero-order valence-electron chi connectivity index (χ0n) is 17.0. The van der Waals surface area contributed by atoms with Crippen LogP contribution in [0.1, 0.15) is 25.0 Å². The van der Waals surface area contributed by atoms with Crippen LogP contribution in [0.15, 0.2) is 56.9 Å². The lowest BCUT2D eigenvalue weighted by Crippen LogP contribution is -2.33. The van der Waals surface area contributed by atoms with Gasteiger partial charge in [0.15, 0.2) is 0 Å². The number of hydrogen-bond acceptors (Lipinski definition) is 7. The molecule has 0 aromatic heterocycles. The van der Waals surface area contributed by atoms with Gasteiger partial charge in [0, 0.05) is 24.3 Å². The Bertz CT molecular complexity index is 1090. The number of para-hydroxylation sites is 1. The van der Waals surface area contributed by atoms with Crippen LogP contribution in [0.25, 0.3) is 5.70 Å². The lowest BCUT2D eigenvalue weighted by Gasteiger charge is -2.36. The van der Waals surface area contributed by atoms with E-state index >= 15 is 0 Å². The normalized spacial score (nSPS) is 15.5. The second-order valence-electron chi connectivity index (χ2n) is 7.47. The summed E-state index contributed by atoms with van der Waals surface area (Å²) in [6.07, 6.45) is 0.557. The summed E-state index contributed by atoms with van der Waals surface area (Å²) in [7, 11) is 1.63. The molecule has 30 heavy (non-hydrogen) atoms. The van der Waals surface area contributed by atoms with Crippen LogP contribution in [0.5, 0.6) is 5.75 Å². The lowest BCUT2D eigenvalue weighted by molar-refractivity contribution is -0.387. The van der Waals surface area contributed by atoms with Crippen molar-refractivity contribution in [3.05, 3.63) is 63.2 Å². The van der Waals surface area contributed by atoms with E-state index in [-0.39, 0.29) is 11.4 Å². The highest BCUT2D eigenvalue weighted by atomic mass is 32.2. The molecule has 0 bridgehead atoms. The van der Waals surface area contributed by atoms with Gasteiger partial charge in [-0.05, 0) is 54.3 Å². The van der Waals surface area contributed by atoms with Gasteiger partial charge in [-0.15, -0.1) is 0 Å². The fraction of sp³-hybridized carbons (Fsp3) is 0.238. The summed E-state index contributed by atoms with van der Waals surface area (Å²) in [6, 6.07) is 9.76. The number of hydrogen-bond donors (Lipinski definition) is 3. The molecule has 2 aromatic rings. The minimum atomic E-state index is -0.435. The van der Waals surface area contributed by atoms with Crippen LogP contribution in [0, 0.1) is 15.5 Å². The van der Waals surface area contributed by atoms with Gasteiger partial charge in [-0.1, -0.05) is 26.0 Å². The Morgan fingerprint density at radius 1 is 1.33 bits per heavy atom. The highest BCUT2D eigenvalue weighted by Gasteiger charge is 2.37. The predicted molar refractivity (Wildman–Crippen MR) is 122 cm³/mol. The molecule has 1 aliphatic carbocycles. The summed E-state index contributed by atoms with van der Waals surface area (Å²) in [4.78, 5) is 19.7. The average molecular weight is 426 g/mol. The number of fused-ring (bicyclic) bond motifs is 1. The van der Waals surface area contributed by atoms with Crippen molar-refractivity contribution in [3.8, 4) is 5.75 Å². The van der Waals surface area contributed by atoms with E-state index in [1.54, 1.807) is 37.4 Å². The fourth-order valence-electron chi connectivity index (χ4n) is 3.68. The quantitative estimate of drug-likeness (QED) is 0.157. The van der Waals surface area contributed by atoms with E-state index in [4.69, 9.17) is 5.73 Å². The monoisotopic (exact) mass is 425 g/mol. The van der Waals surface area contributed by atoms with Crippen LogP contribution in [0.4, 0.5) is 11.4 Å². The number of aromatic hydroxyl groups is 1. The van der Waals surface area contributed by atoms with Gasteiger partial charge < -0.3 is 15.6 Å². The summed E-state index contributed by atoms with van der Waals surface area (Å²) >= 11 is 1.07. The number of anilines is 1.